The Balaban J connectivity index is 1.94. The van der Waals surface area contributed by atoms with Crippen LogP contribution < -0.4 is 0 Å². The lowest BCUT2D eigenvalue weighted by molar-refractivity contribution is 0.567. The van der Waals surface area contributed by atoms with Gasteiger partial charge in [-0.05, 0) is 40.6 Å². The van der Waals surface area contributed by atoms with Gasteiger partial charge in [-0.2, -0.15) is 0 Å². The summed E-state index contributed by atoms with van der Waals surface area (Å²) < 4.78 is 0. The number of fused-ring (bicyclic) bond motifs is 3. The van der Waals surface area contributed by atoms with Gasteiger partial charge >= 0.3 is 0 Å². The summed E-state index contributed by atoms with van der Waals surface area (Å²) in [5.41, 5.74) is 4.61. The molecule has 0 spiro atoms. The summed E-state index contributed by atoms with van der Waals surface area (Å²) in [6.07, 6.45) is 1.16. The molecule has 0 aliphatic heterocycles. The smallest absolute Gasteiger partial charge is 0.0493 e. The maximum Gasteiger partial charge on any atom is 0.0493 e. The van der Waals surface area contributed by atoms with Crippen molar-refractivity contribution in [2.45, 2.75) is 25.7 Å². The maximum atomic E-state index is 2.42. The Morgan fingerprint density at radius 2 is 1.80 bits per heavy atom. The highest BCUT2D eigenvalue weighted by atomic mass is 32.1. The first kappa shape index (κ1) is 12.4. The van der Waals surface area contributed by atoms with Crippen LogP contribution in [-0.4, -0.2) is 0 Å². The summed E-state index contributed by atoms with van der Waals surface area (Å²) in [5.74, 6) is 0. The van der Waals surface area contributed by atoms with E-state index in [4.69, 9.17) is 0 Å². The number of thiophene rings is 2. The Hall–Kier alpha value is -1.38. The van der Waals surface area contributed by atoms with E-state index in [1.54, 1.807) is 0 Å². The molecule has 1 atom stereocenters. The molecular formula is C18H16S2. The number of rotatable bonds is 2. The number of hydrogen-bond acceptors (Lipinski definition) is 2. The van der Waals surface area contributed by atoms with Crippen LogP contribution in [0.3, 0.4) is 0 Å². The van der Waals surface area contributed by atoms with Gasteiger partial charge < -0.3 is 0 Å². The monoisotopic (exact) mass is 296 g/mol. The van der Waals surface area contributed by atoms with Crippen molar-refractivity contribution < 1.29 is 0 Å². The molecule has 2 aromatic heterocycles. The van der Waals surface area contributed by atoms with Crippen LogP contribution in [0.4, 0.5) is 0 Å². The van der Waals surface area contributed by atoms with Gasteiger partial charge in [0.15, 0.2) is 0 Å². The minimum atomic E-state index is 0.203. The van der Waals surface area contributed by atoms with Gasteiger partial charge in [0.2, 0.25) is 0 Å². The third-order valence-electron chi connectivity index (χ3n) is 4.56. The van der Waals surface area contributed by atoms with Gasteiger partial charge in [0.25, 0.3) is 0 Å². The van der Waals surface area contributed by atoms with Crippen molar-refractivity contribution in [3.63, 3.8) is 0 Å². The fourth-order valence-corrected chi connectivity index (χ4v) is 5.65. The fraction of sp³-hybridized carbons (Fsp3) is 0.222. The topological polar surface area (TPSA) is 0 Å². The molecule has 0 saturated heterocycles. The maximum absolute atomic E-state index is 2.42. The second-order valence-electron chi connectivity index (χ2n) is 5.57. The van der Waals surface area contributed by atoms with Gasteiger partial charge in [-0.1, -0.05) is 44.2 Å². The van der Waals surface area contributed by atoms with Gasteiger partial charge in [-0.25, -0.2) is 0 Å². The standard InChI is InChI=1S/C18H16S2/c1-3-18(2)13-9-10-19-16(13)17-14(18)11-15(20-17)12-7-5-4-6-8-12/h4-11H,3H2,1-2H3. The molecule has 1 aliphatic rings. The molecular weight excluding hydrogens is 280 g/mol. The zero-order valence-corrected chi connectivity index (χ0v) is 13.3. The molecule has 3 aromatic rings. The van der Waals surface area contributed by atoms with E-state index in [2.05, 4.69) is 61.7 Å². The van der Waals surface area contributed by atoms with E-state index < -0.39 is 0 Å². The Morgan fingerprint density at radius 3 is 2.55 bits per heavy atom. The zero-order valence-electron chi connectivity index (χ0n) is 11.6. The summed E-state index contributed by atoms with van der Waals surface area (Å²) in [6, 6.07) is 15.5. The highest BCUT2D eigenvalue weighted by Gasteiger charge is 2.40. The molecule has 2 heterocycles. The van der Waals surface area contributed by atoms with Crippen LogP contribution in [0.5, 0.6) is 0 Å². The molecule has 0 fully saturated rings. The molecule has 0 amide bonds. The molecule has 100 valence electrons. The van der Waals surface area contributed by atoms with Crippen LogP contribution in [0.1, 0.15) is 31.4 Å². The van der Waals surface area contributed by atoms with Gasteiger partial charge in [0.1, 0.15) is 0 Å². The first-order chi connectivity index (χ1) is 9.74. The van der Waals surface area contributed by atoms with E-state index >= 15 is 0 Å². The molecule has 0 radical (unpaired) electrons. The SMILES string of the molecule is CCC1(C)c2ccsc2-c2sc(-c3ccccc3)cc21. The van der Waals surface area contributed by atoms with Crippen molar-refractivity contribution in [3.05, 3.63) is 59.0 Å². The van der Waals surface area contributed by atoms with Gasteiger partial charge in [0.05, 0.1) is 0 Å². The van der Waals surface area contributed by atoms with Crippen molar-refractivity contribution in [3.8, 4) is 20.2 Å². The third kappa shape index (κ3) is 1.52. The van der Waals surface area contributed by atoms with E-state index in [0.717, 1.165) is 6.42 Å². The molecule has 0 N–H and O–H groups in total. The van der Waals surface area contributed by atoms with Gasteiger partial charge in [0, 0.05) is 20.0 Å². The predicted molar refractivity (Wildman–Crippen MR) is 89.8 cm³/mol. The first-order valence-electron chi connectivity index (χ1n) is 7.02. The lowest BCUT2D eigenvalue weighted by Gasteiger charge is -2.23. The van der Waals surface area contributed by atoms with Crippen molar-refractivity contribution in [1.29, 1.82) is 0 Å². The predicted octanol–water partition coefficient (Wildman–Crippen LogP) is 6.17. The van der Waals surface area contributed by atoms with Crippen LogP contribution in [0.15, 0.2) is 47.8 Å². The molecule has 2 heteroatoms. The van der Waals surface area contributed by atoms with Crippen LogP contribution >= 0.6 is 22.7 Å². The van der Waals surface area contributed by atoms with E-state index in [1.807, 2.05) is 22.7 Å². The van der Waals surface area contributed by atoms with E-state index in [-0.39, 0.29) is 5.41 Å². The molecule has 1 aromatic carbocycles. The minimum Gasteiger partial charge on any atom is -0.143 e. The quantitative estimate of drug-likeness (QED) is 0.530. The lowest BCUT2D eigenvalue weighted by atomic mass is 9.79. The second-order valence-corrected chi connectivity index (χ2v) is 7.54. The minimum absolute atomic E-state index is 0.203. The Bertz CT molecular complexity index is 764. The Morgan fingerprint density at radius 1 is 1.00 bits per heavy atom. The average Bonchev–Trinajstić information content (AvgIpc) is 3.16. The molecule has 1 aliphatic carbocycles. The van der Waals surface area contributed by atoms with Crippen molar-refractivity contribution in [1.82, 2.24) is 0 Å². The van der Waals surface area contributed by atoms with Crippen molar-refractivity contribution in [2.75, 3.05) is 0 Å². The highest BCUT2D eigenvalue weighted by Crippen LogP contribution is 2.57. The van der Waals surface area contributed by atoms with Crippen molar-refractivity contribution >= 4 is 22.7 Å². The zero-order chi connectivity index (χ0) is 13.7. The normalized spacial score (nSPS) is 19.9. The number of hydrogen-bond donors (Lipinski definition) is 0. The van der Waals surface area contributed by atoms with Gasteiger partial charge in [-0.15, -0.1) is 22.7 Å². The third-order valence-corrected chi connectivity index (χ3v) is 6.82. The van der Waals surface area contributed by atoms with Crippen LogP contribution in [0.2, 0.25) is 0 Å². The largest absolute Gasteiger partial charge is 0.143 e. The highest BCUT2D eigenvalue weighted by molar-refractivity contribution is 7.23. The van der Waals surface area contributed by atoms with E-state index in [1.165, 1.54) is 31.3 Å². The summed E-state index contributed by atoms with van der Waals surface area (Å²) in [4.78, 5) is 4.39. The molecule has 0 nitrogen and oxygen atoms in total. The summed E-state index contributed by atoms with van der Waals surface area (Å²) >= 11 is 3.84. The molecule has 4 rings (SSSR count). The Kier molecular flexibility index (Phi) is 2.66. The molecule has 20 heavy (non-hydrogen) atoms. The van der Waals surface area contributed by atoms with Gasteiger partial charge in [-0.3, -0.25) is 0 Å². The summed E-state index contributed by atoms with van der Waals surface area (Å²) in [7, 11) is 0. The summed E-state index contributed by atoms with van der Waals surface area (Å²) in [5, 5.41) is 2.24. The lowest BCUT2D eigenvalue weighted by Crippen LogP contribution is -2.18. The molecule has 0 saturated carbocycles. The average molecular weight is 296 g/mol. The molecule has 1 unspecified atom stereocenters. The molecule has 0 bridgehead atoms. The van der Waals surface area contributed by atoms with Crippen molar-refractivity contribution in [2.24, 2.45) is 0 Å². The fourth-order valence-electron chi connectivity index (χ4n) is 3.16. The van der Waals surface area contributed by atoms with Crippen LogP contribution in [0, 0.1) is 0 Å². The van der Waals surface area contributed by atoms with Crippen LogP contribution in [-0.2, 0) is 5.41 Å². The summed E-state index contributed by atoms with van der Waals surface area (Å²) in [6.45, 7) is 4.70. The first-order valence-corrected chi connectivity index (χ1v) is 8.71. The van der Waals surface area contributed by atoms with E-state index in [0.29, 0.717) is 0 Å². The Labute approximate surface area is 127 Å². The second kappa shape index (κ2) is 4.31. The van der Waals surface area contributed by atoms with Crippen LogP contribution in [0.25, 0.3) is 20.2 Å². The van der Waals surface area contributed by atoms with E-state index in [9.17, 15) is 0 Å². The number of benzene rings is 1.